The summed E-state index contributed by atoms with van der Waals surface area (Å²) in [5.74, 6) is 0.603. The van der Waals surface area contributed by atoms with E-state index < -0.39 is 0 Å². The number of rotatable bonds is 4. The van der Waals surface area contributed by atoms with E-state index in [-0.39, 0.29) is 0 Å². The van der Waals surface area contributed by atoms with Gasteiger partial charge in [-0.25, -0.2) is 5.43 Å². The molecule has 1 aliphatic carbocycles. The van der Waals surface area contributed by atoms with Crippen LogP contribution >= 0.6 is 0 Å². The van der Waals surface area contributed by atoms with Crippen molar-refractivity contribution in [1.82, 2.24) is 10.9 Å². The standard InChI is InChI=1S/C10H17N3/c1-6(2)5-12-13-10-8(4)7(3)9(10)11/h6,12-13H,3-5,11H2,1-2H3. The summed E-state index contributed by atoms with van der Waals surface area (Å²) in [6.45, 7) is 12.8. The summed E-state index contributed by atoms with van der Waals surface area (Å²) in [6.07, 6.45) is 0. The molecular weight excluding hydrogens is 162 g/mol. The molecular formula is C10H17N3. The maximum Gasteiger partial charge on any atom is 0.0798 e. The molecule has 1 rings (SSSR count). The number of nitrogens with one attached hydrogen (secondary N) is 2. The maximum atomic E-state index is 5.69. The number of hydrogen-bond donors (Lipinski definition) is 3. The summed E-state index contributed by atoms with van der Waals surface area (Å²) in [6, 6.07) is 0. The highest BCUT2D eigenvalue weighted by atomic mass is 15.4. The van der Waals surface area contributed by atoms with Crippen LogP contribution in [0.15, 0.2) is 35.7 Å². The zero-order valence-electron chi connectivity index (χ0n) is 8.28. The Hall–Kier alpha value is -1.22. The first-order valence-electron chi connectivity index (χ1n) is 4.41. The smallest absolute Gasteiger partial charge is 0.0798 e. The van der Waals surface area contributed by atoms with Gasteiger partial charge in [0.2, 0.25) is 0 Å². The largest absolute Gasteiger partial charge is 0.397 e. The van der Waals surface area contributed by atoms with Crippen LogP contribution in [0.25, 0.3) is 0 Å². The Bertz CT molecular complexity index is 274. The number of nitrogens with two attached hydrogens (primary N) is 1. The first-order valence-corrected chi connectivity index (χ1v) is 4.41. The SMILES string of the molecule is C=C1C(=C)C(NNCC(C)C)=C1N. The van der Waals surface area contributed by atoms with E-state index in [9.17, 15) is 0 Å². The normalized spacial score (nSPS) is 16.5. The van der Waals surface area contributed by atoms with E-state index in [2.05, 4.69) is 37.9 Å². The molecule has 0 aliphatic heterocycles. The predicted octanol–water partition coefficient (Wildman–Crippen LogP) is 1.03. The van der Waals surface area contributed by atoms with Gasteiger partial charge in [-0.2, -0.15) is 0 Å². The van der Waals surface area contributed by atoms with Gasteiger partial charge in [0.25, 0.3) is 0 Å². The summed E-state index contributed by atoms with van der Waals surface area (Å²) in [4.78, 5) is 0. The zero-order chi connectivity index (χ0) is 10.0. The third-order valence-corrected chi connectivity index (χ3v) is 1.98. The van der Waals surface area contributed by atoms with E-state index in [1.165, 1.54) is 0 Å². The van der Waals surface area contributed by atoms with E-state index >= 15 is 0 Å². The third kappa shape index (κ3) is 1.92. The molecule has 4 N–H and O–H groups in total. The fourth-order valence-corrected chi connectivity index (χ4v) is 1.05. The molecule has 0 radical (unpaired) electrons. The van der Waals surface area contributed by atoms with Crippen molar-refractivity contribution in [1.29, 1.82) is 0 Å². The van der Waals surface area contributed by atoms with Crippen molar-refractivity contribution in [2.24, 2.45) is 11.7 Å². The van der Waals surface area contributed by atoms with Gasteiger partial charge in [0.1, 0.15) is 0 Å². The molecule has 72 valence electrons. The molecule has 0 aromatic heterocycles. The monoisotopic (exact) mass is 179 g/mol. The minimum Gasteiger partial charge on any atom is -0.397 e. The molecule has 0 bridgehead atoms. The summed E-state index contributed by atoms with van der Waals surface area (Å²) < 4.78 is 0. The molecule has 0 fully saturated rings. The lowest BCUT2D eigenvalue weighted by atomic mass is 9.90. The number of hydrazine groups is 1. The second-order valence-corrected chi connectivity index (χ2v) is 3.65. The molecule has 1 aliphatic rings. The topological polar surface area (TPSA) is 50.1 Å². The fraction of sp³-hybridized carbons (Fsp3) is 0.400. The molecule has 0 amide bonds. The van der Waals surface area contributed by atoms with Crippen LogP contribution in [-0.4, -0.2) is 6.54 Å². The van der Waals surface area contributed by atoms with Crippen molar-refractivity contribution in [2.45, 2.75) is 13.8 Å². The van der Waals surface area contributed by atoms with Crippen molar-refractivity contribution < 1.29 is 0 Å². The van der Waals surface area contributed by atoms with E-state index in [1.807, 2.05) is 0 Å². The van der Waals surface area contributed by atoms with Crippen LogP contribution in [0.1, 0.15) is 13.8 Å². The van der Waals surface area contributed by atoms with Crippen LogP contribution in [0.4, 0.5) is 0 Å². The first kappa shape index (κ1) is 9.86. The van der Waals surface area contributed by atoms with Gasteiger partial charge in [-0.15, -0.1) is 0 Å². The Labute approximate surface area is 79.4 Å². The van der Waals surface area contributed by atoms with Gasteiger partial charge in [-0.05, 0) is 5.92 Å². The van der Waals surface area contributed by atoms with Crippen LogP contribution < -0.4 is 16.6 Å². The maximum absolute atomic E-state index is 5.69. The van der Waals surface area contributed by atoms with Crippen molar-refractivity contribution >= 4 is 0 Å². The quantitative estimate of drug-likeness (QED) is 0.565. The van der Waals surface area contributed by atoms with E-state index in [4.69, 9.17) is 5.73 Å². The van der Waals surface area contributed by atoms with Crippen LogP contribution in [0, 0.1) is 5.92 Å². The average Bonchev–Trinajstić information content (AvgIpc) is 2.10. The Morgan fingerprint density at radius 3 is 2.38 bits per heavy atom. The van der Waals surface area contributed by atoms with Crippen molar-refractivity contribution in [3.05, 3.63) is 35.7 Å². The van der Waals surface area contributed by atoms with Gasteiger partial charge in [0.05, 0.1) is 11.4 Å². The molecule has 3 nitrogen and oxygen atoms in total. The van der Waals surface area contributed by atoms with E-state index in [1.54, 1.807) is 0 Å². The van der Waals surface area contributed by atoms with Gasteiger partial charge >= 0.3 is 0 Å². The van der Waals surface area contributed by atoms with Gasteiger partial charge in [-0.1, -0.05) is 27.0 Å². The fourth-order valence-electron chi connectivity index (χ4n) is 1.05. The number of allylic oxidation sites excluding steroid dienone is 2. The lowest BCUT2D eigenvalue weighted by Crippen LogP contribution is -2.39. The third-order valence-electron chi connectivity index (χ3n) is 1.98. The van der Waals surface area contributed by atoms with Gasteiger partial charge in [0, 0.05) is 17.7 Å². The molecule has 0 saturated carbocycles. The predicted molar refractivity (Wildman–Crippen MR) is 55.5 cm³/mol. The summed E-state index contributed by atoms with van der Waals surface area (Å²) in [5.41, 5.74) is 15.1. The lowest BCUT2D eigenvalue weighted by molar-refractivity contribution is 0.505. The van der Waals surface area contributed by atoms with Crippen LogP contribution in [-0.2, 0) is 0 Å². The Morgan fingerprint density at radius 2 is 1.92 bits per heavy atom. The van der Waals surface area contributed by atoms with Crippen molar-refractivity contribution in [3.8, 4) is 0 Å². The second kappa shape index (κ2) is 3.66. The lowest BCUT2D eigenvalue weighted by Gasteiger charge is -2.27. The molecule has 0 aromatic carbocycles. The van der Waals surface area contributed by atoms with Gasteiger partial charge in [0.15, 0.2) is 0 Å². The van der Waals surface area contributed by atoms with Crippen LogP contribution in [0.5, 0.6) is 0 Å². The van der Waals surface area contributed by atoms with Crippen LogP contribution in [0.2, 0.25) is 0 Å². The molecule has 3 heteroatoms. The second-order valence-electron chi connectivity index (χ2n) is 3.65. The van der Waals surface area contributed by atoms with Crippen molar-refractivity contribution in [3.63, 3.8) is 0 Å². The molecule has 0 atom stereocenters. The Kier molecular flexibility index (Phi) is 2.78. The summed E-state index contributed by atoms with van der Waals surface area (Å²) in [5, 5.41) is 0. The number of hydrogen-bond acceptors (Lipinski definition) is 3. The van der Waals surface area contributed by atoms with Gasteiger partial charge in [-0.3, -0.25) is 0 Å². The van der Waals surface area contributed by atoms with Gasteiger partial charge < -0.3 is 11.2 Å². The summed E-state index contributed by atoms with van der Waals surface area (Å²) in [7, 11) is 0. The molecule has 0 heterocycles. The van der Waals surface area contributed by atoms with E-state index in [0.29, 0.717) is 11.6 Å². The highest BCUT2D eigenvalue weighted by molar-refractivity contribution is 5.65. The minimum absolute atomic E-state index is 0.603. The summed E-state index contributed by atoms with van der Waals surface area (Å²) >= 11 is 0. The Balaban J connectivity index is 2.39. The average molecular weight is 179 g/mol. The molecule has 0 unspecified atom stereocenters. The molecule has 0 aromatic rings. The Morgan fingerprint density at radius 1 is 1.31 bits per heavy atom. The highest BCUT2D eigenvalue weighted by Gasteiger charge is 2.23. The first-order chi connectivity index (χ1) is 6.04. The zero-order valence-corrected chi connectivity index (χ0v) is 8.28. The molecule has 13 heavy (non-hydrogen) atoms. The molecule has 0 spiro atoms. The highest BCUT2D eigenvalue weighted by Crippen LogP contribution is 2.30. The molecule has 0 saturated heterocycles. The van der Waals surface area contributed by atoms with Crippen LogP contribution in [0.3, 0.4) is 0 Å². The minimum atomic E-state index is 0.603. The van der Waals surface area contributed by atoms with E-state index in [0.717, 1.165) is 23.4 Å². The van der Waals surface area contributed by atoms with Crippen molar-refractivity contribution in [2.75, 3.05) is 6.54 Å².